The molecule has 0 atom stereocenters. The Bertz CT molecular complexity index is 312. The van der Waals surface area contributed by atoms with Crippen molar-refractivity contribution >= 4 is 5.91 Å². The van der Waals surface area contributed by atoms with Crippen molar-refractivity contribution < 1.29 is 4.79 Å². The zero-order valence-electron chi connectivity index (χ0n) is 12.7. The second-order valence-electron chi connectivity index (χ2n) is 6.74. The van der Waals surface area contributed by atoms with E-state index >= 15 is 0 Å². The molecule has 0 aromatic rings. The van der Waals surface area contributed by atoms with E-state index < -0.39 is 0 Å². The summed E-state index contributed by atoms with van der Waals surface area (Å²) in [6.45, 7) is 14.5. The van der Waals surface area contributed by atoms with E-state index in [1.807, 2.05) is 0 Å². The molecule has 0 unspecified atom stereocenters. The Morgan fingerprint density at radius 3 is 2.42 bits per heavy atom. The Morgan fingerprint density at radius 2 is 1.95 bits per heavy atom. The van der Waals surface area contributed by atoms with Crippen LogP contribution in [0.2, 0.25) is 0 Å². The summed E-state index contributed by atoms with van der Waals surface area (Å²) in [6.07, 6.45) is 2.69. The minimum Gasteiger partial charge on any atom is -0.370 e. The highest BCUT2D eigenvalue weighted by Gasteiger charge is 2.21. The monoisotopic (exact) mass is 267 g/mol. The topological polar surface area (TPSA) is 58.4 Å². The molecule has 1 amide bonds. The molecule has 1 heterocycles. The summed E-state index contributed by atoms with van der Waals surface area (Å²) in [4.78, 5) is 13.3. The van der Waals surface area contributed by atoms with E-state index in [-0.39, 0.29) is 11.4 Å². The largest absolute Gasteiger partial charge is 0.370 e. The molecule has 0 spiro atoms. The van der Waals surface area contributed by atoms with Crippen LogP contribution in [0.15, 0.2) is 12.2 Å². The molecule has 3 N–H and O–H groups in total. The number of amides is 1. The first-order valence-corrected chi connectivity index (χ1v) is 7.18. The van der Waals surface area contributed by atoms with Gasteiger partial charge in [0.2, 0.25) is 5.91 Å². The minimum absolute atomic E-state index is 0.136. The zero-order chi connectivity index (χ0) is 14.5. The van der Waals surface area contributed by atoms with Gasteiger partial charge in [-0.1, -0.05) is 6.58 Å². The van der Waals surface area contributed by atoms with Gasteiger partial charge in [-0.05, 0) is 58.2 Å². The number of hydrogen-bond donors (Lipinski definition) is 2. The number of carbonyl (C=O) groups is 1. The van der Waals surface area contributed by atoms with E-state index in [0.717, 1.165) is 39.0 Å². The van der Waals surface area contributed by atoms with Gasteiger partial charge >= 0.3 is 0 Å². The van der Waals surface area contributed by atoms with Crippen molar-refractivity contribution in [1.29, 1.82) is 0 Å². The molecular formula is C15H29N3O. The highest BCUT2D eigenvalue weighted by molar-refractivity contribution is 5.73. The van der Waals surface area contributed by atoms with E-state index in [1.165, 1.54) is 5.57 Å². The maximum absolute atomic E-state index is 10.9. The second-order valence-corrected chi connectivity index (χ2v) is 6.74. The van der Waals surface area contributed by atoms with Gasteiger partial charge in [-0.2, -0.15) is 0 Å². The molecule has 1 saturated heterocycles. The summed E-state index contributed by atoms with van der Waals surface area (Å²) in [6, 6.07) is 0. The number of piperidine rings is 1. The van der Waals surface area contributed by atoms with Crippen molar-refractivity contribution in [3.8, 4) is 0 Å². The molecule has 0 radical (unpaired) electrons. The number of carbonyl (C=O) groups excluding carboxylic acids is 1. The average Bonchev–Trinajstić information content (AvgIpc) is 2.28. The smallest absolute Gasteiger partial charge is 0.217 e. The molecule has 0 aromatic heterocycles. The van der Waals surface area contributed by atoms with Gasteiger partial charge in [0.05, 0.1) is 0 Å². The SMILES string of the molecule is C=C(CNC(C)(C)C)CN1CCC(CC(N)=O)CC1. The number of nitrogens with two attached hydrogens (primary N) is 1. The van der Waals surface area contributed by atoms with Crippen LogP contribution in [0.3, 0.4) is 0 Å². The quantitative estimate of drug-likeness (QED) is 0.717. The number of nitrogens with one attached hydrogen (secondary N) is 1. The lowest BCUT2D eigenvalue weighted by atomic mass is 9.93. The lowest BCUT2D eigenvalue weighted by molar-refractivity contribution is -0.119. The van der Waals surface area contributed by atoms with Gasteiger partial charge in [0.1, 0.15) is 0 Å². The molecule has 0 aromatic carbocycles. The molecule has 4 heteroatoms. The van der Waals surface area contributed by atoms with Gasteiger partial charge in [0.15, 0.2) is 0 Å². The molecular weight excluding hydrogens is 238 g/mol. The molecule has 1 aliphatic rings. The van der Waals surface area contributed by atoms with Crippen molar-refractivity contribution in [2.75, 3.05) is 26.2 Å². The molecule has 4 nitrogen and oxygen atoms in total. The Hall–Kier alpha value is -0.870. The highest BCUT2D eigenvalue weighted by atomic mass is 16.1. The van der Waals surface area contributed by atoms with Crippen molar-refractivity contribution in [1.82, 2.24) is 10.2 Å². The van der Waals surface area contributed by atoms with E-state index in [0.29, 0.717) is 12.3 Å². The summed E-state index contributed by atoms with van der Waals surface area (Å²) in [5, 5.41) is 3.46. The maximum atomic E-state index is 10.9. The van der Waals surface area contributed by atoms with E-state index in [4.69, 9.17) is 5.73 Å². The third kappa shape index (κ3) is 7.33. The number of primary amides is 1. The predicted octanol–water partition coefficient (Wildman–Crippen LogP) is 1.52. The van der Waals surface area contributed by atoms with Gasteiger partial charge in [-0.3, -0.25) is 9.69 Å². The third-order valence-electron chi connectivity index (χ3n) is 3.51. The Labute approximate surface area is 117 Å². The summed E-state index contributed by atoms with van der Waals surface area (Å²) in [5.41, 5.74) is 6.61. The molecule has 1 fully saturated rings. The van der Waals surface area contributed by atoms with Crippen LogP contribution in [0, 0.1) is 5.92 Å². The van der Waals surface area contributed by atoms with Crippen LogP contribution in [0.1, 0.15) is 40.0 Å². The maximum Gasteiger partial charge on any atom is 0.217 e. The van der Waals surface area contributed by atoms with Crippen molar-refractivity contribution in [3.63, 3.8) is 0 Å². The van der Waals surface area contributed by atoms with Gasteiger partial charge < -0.3 is 11.1 Å². The fourth-order valence-corrected chi connectivity index (χ4v) is 2.40. The first-order chi connectivity index (χ1) is 8.76. The molecule has 0 saturated carbocycles. The van der Waals surface area contributed by atoms with Gasteiger partial charge in [0.25, 0.3) is 0 Å². The average molecular weight is 267 g/mol. The minimum atomic E-state index is -0.169. The van der Waals surface area contributed by atoms with Crippen LogP contribution < -0.4 is 11.1 Å². The van der Waals surface area contributed by atoms with Crippen LogP contribution in [-0.4, -0.2) is 42.5 Å². The lowest BCUT2D eigenvalue weighted by Crippen LogP contribution is -2.40. The Morgan fingerprint density at radius 1 is 1.37 bits per heavy atom. The first kappa shape index (κ1) is 16.2. The van der Waals surface area contributed by atoms with Gasteiger partial charge in [-0.15, -0.1) is 0 Å². The van der Waals surface area contributed by atoms with E-state index in [2.05, 4.69) is 37.6 Å². The molecule has 19 heavy (non-hydrogen) atoms. The van der Waals surface area contributed by atoms with Crippen LogP contribution in [0.25, 0.3) is 0 Å². The number of likely N-dealkylation sites (tertiary alicyclic amines) is 1. The Kier molecular flexibility index (Phi) is 6.01. The zero-order valence-corrected chi connectivity index (χ0v) is 12.7. The Balaban J connectivity index is 2.21. The fourth-order valence-electron chi connectivity index (χ4n) is 2.40. The first-order valence-electron chi connectivity index (χ1n) is 7.18. The van der Waals surface area contributed by atoms with Crippen LogP contribution >= 0.6 is 0 Å². The normalized spacial score (nSPS) is 18.5. The lowest BCUT2D eigenvalue weighted by Gasteiger charge is -2.32. The summed E-state index contributed by atoms with van der Waals surface area (Å²) < 4.78 is 0. The second kappa shape index (κ2) is 7.06. The predicted molar refractivity (Wildman–Crippen MR) is 79.9 cm³/mol. The van der Waals surface area contributed by atoms with Crippen LogP contribution in [0.4, 0.5) is 0 Å². The van der Waals surface area contributed by atoms with E-state index in [1.54, 1.807) is 0 Å². The summed E-state index contributed by atoms with van der Waals surface area (Å²) in [7, 11) is 0. The molecule has 0 bridgehead atoms. The fraction of sp³-hybridized carbons (Fsp3) is 0.800. The third-order valence-corrected chi connectivity index (χ3v) is 3.51. The van der Waals surface area contributed by atoms with Crippen molar-refractivity contribution in [2.24, 2.45) is 11.7 Å². The van der Waals surface area contributed by atoms with Crippen LogP contribution in [-0.2, 0) is 4.79 Å². The van der Waals surface area contributed by atoms with Crippen molar-refractivity contribution in [3.05, 3.63) is 12.2 Å². The summed E-state index contributed by atoms with van der Waals surface area (Å²) in [5.74, 6) is 0.312. The van der Waals surface area contributed by atoms with E-state index in [9.17, 15) is 4.79 Å². The molecule has 110 valence electrons. The molecule has 1 aliphatic heterocycles. The van der Waals surface area contributed by atoms with Gasteiger partial charge in [-0.25, -0.2) is 0 Å². The standard InChI is InChI=1S/C15H29N3O/c1-12(10-17-15(2,3)4)11-18-7-5-13(6-8-18)9-14(16)19/h13,17H,1,5-11H2,2-4H3,(H2,16,19). The van der Waals surface area contributed by atoms with Gasteiger partial charge in [0, 0.05) is 25.0 Å². The van der Waals surface area contributed by atoms with Crippen LogP contribution in [0.5, 0.6) is 0 Å². The number of rotatable bonds is 6. The number of nitrogens with zero attached hydrogens (tertiary/aromatic N) is 1. The number of hydrogen-bond acceptors (Lipinski definition) is 3. The highest BCUT2D eigenvalue weighted by Crippen LogP contribution is 2.20. The molecule has 0 aliphatic carbocycles. The molecule has 1 rings (SSSR count). The summed E-state index contributed by atoms with van der Waals surface area (Å²) >= 11 is 0. The van der Waals surface area contributed by atoms with Crippen molar-refractivity contribution in [2.45, 2.75) is 45.6 Å².